The Morgan fingerprint density at radius 2 is 0.727 bits per heavy atom. The number of para-hydroxylation sites is 2. The van der Waals surface area contributed by atoms with Crippen molar-refractivity contribution in [2.45, 2.75) is 37.8 Å². The lowest BCUT2D eigenvalue weighted by atomic mass is 10.00. The second-order valence-electron chi connectivity index (χ2n) is 22.6. The van der Waals surface area contributed by atoms with Crippen molar-refractivity contribution in [3.63, 3.8) is 0 Å². The van der Waals surface area contributed by atoms with Crippen LogP contribution in [0, 0.1) is 0 Å². The molecule has 0 saturated carbocycles. The number of nitrogens with zero attached hydrogens (tertiary/aromatic N) is 6. The van der Waals surface area contributed by atoms with Crippen LogP contribution in [0.4, 0.5) is 34.6 Å². The molecule has 0 unspecified atom stereocenters. The van der Waals surface area contributed by atoms with Crippen LogP contribution < -0.4 is 4.18 Å². The lowest BCUT2D eigenvalue weighted by Gasteiger charge is -2.19. The van der Waals surface area contributed by atoms with E-state index in [9.17, 15) is 61.7 Å². The van der Waals surface area contributed by atoms with Crippen LogP contribution in [0.2, 0.25) is 0 Å². The van der Waals surface area contributed by atoms with Gasteiger partial charge in [-0.25, -0.2) is 47.5 Å². The van der Waals surface area contributed by atoms with Crippen LogP contribution in [0.25, 0.3) is 134 Å². The molecule has 0 aliphatic carbocycles. The summed E-state index contributed by atoms with van der Waals surface area (Å²) in [5.41, 5.74) is 7.51. The summed E-state index contributed by atoms with van der Waals surface area (Å²) in [6.45, 7) is 1.09. The maximum absolute atomic E-state index is 14.4. The van der Waals surface area contributed by atoms with Crippen LogP contribution >= 0.6 is 0 Å². The van der Waals surface area contributed by atoms with E-state index in [0.717, 1.165) is 57.0 Å². The van der Waals surface area contributed by atoms with Crippen LogP contribution in [0.15, 0.2) is 245 Å². The van der Waals surface area contributed by atoms with Gasteiger partial charge < -0.3 is 23.2 Å². The predicted octanol–water partition coefficient (Wildman–Crippen LogP) is 18.9. The third-order valence-corrected chi connectivity index (χ3v) is 17.4. The molecule has 4 aromatic heterocycles. The van der Waals surface area contributed by atoms with Gasteiger partial charge in [-0.2, -0.15) is 30.0 Å². The first-order valence-corrected chi connectivity index (χ1v) is 33.3. The van der Waals surface area contributed by atoms with Crippen LogP contribution in [0.5, 0.6) is 17.2 Å². The minimum absolute atomic E-state index is 0.109. The summed E-state index contributed by atoms with van der Waals surface area (Å²) in [6, 6.07) is 71.2. The molecular formula is C74H52F8N6O9S2. The predicted molar refractivity (Wildman–Crippen MR) is 361 cm³/mol. The average Bonchev–Trinajstić information content (AvgIpc) is 1.69. The summed E-state index contributed by atoms with van der Waals surface area (Å²) in [5.74, 6) is -10.8. The first kappa shape index (κ1) is 67.5. The van der Waals surface area contributed by atoms with E-state index in [1.54, 1.807) is 91.0 Å². The Hall–Kier alpha value is -11.4. The SMILES string of the molecule is CCC(F)(F)CS(=O)(=O)F.O=S(=O)(CC(F)(F)CC(F)(F)F)Oc1cc(-c2ccc3c(oc4ccccc43)c2O)ccc1-c1nc(-c2ccccc2)nc(-c2ccccc2)n1.Oc1c(-c2ccc(-c3nc(-c4ccccc4)nc(-c4ccccc4)n3)cc2)ccc2c1oc1ccccc12. The van der Waals surface area contributed by atoms with Crippen LogP contribution in [0.3, 0.4) is 0 Å². The summed E-state index contributed by atoms with van der Waals surface area (Å²) in [5, 5.41) is 25.6. The molecule has 0 saturated heterocycles. The van der Waals surface area contributed by atoms with Gasteiger partial charge in [-0.3, -0.25) is 0 Å². The number of phenols is 2. The highest BCUT2D eigenvalue weighted by Crippen LogP contribution is 2.45. The molecule has 0 radical (unpaired) electrons. The molecule has 2 N–H and O–H groups in total. The van der Waals surface area contributed by atoms with Gasteiger partial charge in [0.25, 0.3) is 11.8 Å². The van der Waals surface area contributed by atoms with E-state index >= 15 is 0 Å². The lowest BCUT2D eigenvalue weighted by molar-refractivity contribution is -0.181. The van der Waals surface area contributed by atoms with E-state index in [-0.39, 0.29) is 51.2 Å². The molecule has 14 aromatic rings. The summed E-state index contributed by atoms with van der Waals surface area (Å²) < 4.78 is 166. The summed E-state index contributed by atoms with van der Waals surface area (Å²) in [4.78, 5) is 28.0. The molecule has 0 bridgehead atoms. The molecule has 10 aromatic carbocycles. The molecule has 4 heterocycles. The normalized spacial score (nSPS) is 12.1. The van der Waals surface area contributed by atoms with Crippen molar-refractivity contribution in [3.05, 3.63) is 237 Å². The first-order valence-electron chi connectivity index (χ1n) is 30.2. The number of benzene rings is 10. The number of hydrogen-bond acceptors (Lipinski definition) is 15. The van der Waals surface area contributed by atoms with Crippen molar-refractivity contribution in [3.8, 4) is 108 Å². The number of hydrogen-bond donors (Lipinski definition) is 2. The average molecular weight is 1390 g/mol. The van der Waals surface area contributed by atoms with Crippen LogP contribution in [-0.4, -0.2) is 86.5 Å². The third kappa shape index (κ3) is 15.9. The highest BCUT2D eigenvalue weighted by Gasteiger charge is 2.47. The van der Waals surface area contributed by atoms with Gasteiger partial charge in [0.05, 0.1) is 5.56 Å². The Kier molecular flexibility index (Phi) is 18.8. The molecule has 0 fully saturated rings. The molecule has 500 valence electrons. The second-order valence-corrected chi connectivity index (χ2v) is 25.5. The zero-order valence-corrected chi connectivity index (χ0v) is 53.3. The second kappa shape index (κ2) is 27.6. The zero-order valence-electron chi connectivity index (χ0n) is 51.6. The van der Waals surface area contributed by atoms with Crippen molar-refractivity contribution in [1.29, 1.82) is 0 Å². The van der Waals surface area contributed by atoms with Crippen molar-refractivity contribution in [2.24, 2.45) is 0 Å². The molecule has 0 aliphatic heterocycles. The number of aromatic nitrogens is 6. The molecule has 0 aliphatic rings. The van der Waals surface area contributed by atoms with E-state index in [1.807, 2.05) is 127 Å². The quantitative estimate of drug-likeness (QED) is 0.0522. The van der Waals surface area contributed by atoms with Crippen molar-refractivity contribution < 1.29 is 74.7 Å². The number of phenolic OH excluding ortho intramolecular Hbond substituents is 2. The molecule has 0 atom stereocenters. The third-order valence-electron chi connectivity index (χ3n) is 15.4. The largest absolute Gasteiger partial charge is 0.504 e. The van der Waals surface area contributed by atoms with Crippen molar-refractivity contribution >= 4 is 64.2 Å². The van der Waals surface area contributed by atoms with Gasteiger partial charge in [0, 0.05) is 66.9 Å². The van der Waals surface area contributed by atoms with E-state index < -0.39 is 68.5 Å². The maximum atomic E-state index is 14.4. The minimum Gasteiger partial charge on any atom is -0.504 e. The molecular weight excluding hydrogens is 1330 g/mol. The highest BCUT2D eigenvalue weighted by atomic mass is 32.3. The fourth-order valence-corrected chi connectivity index (χ4v) is 12.5. The number of fused-ring (bicyclic) bond motifs is 6. The summed E-state index contributed by atoms with van der Waals surface area (Å²) in [6.07, 6.45) is -8.69. The standard InChI is InChI=1S/C37H24F5N3O5S.C33H21N3O2.C4H7F3O2S/c38-36(39,20-37(40,41)42)21-51(47,48)50-30-19-24(25-17-18-27-26-13-7-8-14-29(26)49-32(27)31(25)46)15-16-28(30)35-44-33(22-9-3-1-4-10-22)43-34(45-35)23-11-5-2-6-12-23;37-29-25(19-20-27-26-13-7-8-14-28(26)38-30(27)29)21-15-17-24(18-16-21)33-35-31(22-9-3-1-4-10-22)34-32(36-33)23-11-5-2-6-12-23;1-2-4(5,6)3-10(7,8)9/h1-19,46H,20-21H2;1-20,37H;2-3H2,1H3. The van der Waals surface area contributed by atoms with Gasteiger partial charge in [-0.05, 0) is 59.7 Å². The van der Waals surface area contributed by atoms with Gasteiger partial charge in [-0.15, -0.1) is 3.89 Å². The Balaban J connectivity index is 0.000000170. The Morgan fingerprint density at radius 3 is 1.11 bits per heavy atom. The molecule has 15 nitrogen and oxygen atoms in total. The number of halogens is 8. The Bertz CT molecular complexity index is 5390. The highest BCUT2D eigenvalue weighted by molar-refractivity contribution is 7.87. The fourth-order valence-electron chi connectivity index (χ4n) is 10.7. The maximum Gasteiger partial charge on any atom is 0.394 e. The van der Waals surface area contributed by atoms with E-state index in [4.69, 9.17) is 28.0 Å². The molecule has 14 rings (SSSR count). The number of alkyl halides is 7. The Labute approximate surface area is 559 Å². The topological polar surface area (TPSA) is 222 Å². The van der Waals surface area contributed by atoms with Crippen molar-refractivity contribution in [2.75, 3.05) is 11.5 Å². The van der Waals surface area contributed by atoms with Gasteiger partial charge in [0.1, 0.15) is 23.3 Å². The molecule has 99 heavy (non-hydrogen) atoms. The number of aromatic hydroxyl groups is 2. The van der Waals surface area contributed by atoms with E-state index in [1.165, 1.54) is 12.1 Å². The molecule has 0 spiro atoms. The molecule has 25 heteroatoms. The van der Waals surface area contributed by atoms with Crippen LogP contribution in [-0.2, 0) is 20.3 Å². The van der Waals surface area contributed by atoms with Gasteiger partial charge >= 0.3 is 26.5 Å². The van der Waals surface area contributed by atoms with Crippen LogP contribution in [0.1, 0.15) is 19.8 Å². The fraction of sp³-hybridized carbons (Fsp3) is 0.108. The summed E-state index contributed by atoms with van der Waals surface area (Å²) >= 11 is 0. The van der Waals surface area contributed by atoms with E-state index in [0.29, 0.717) is 50.7 Å². The van der Waals surface area contributed by atoms with E-state index in [2.05, 4.69) is 15.0 Å². The van der Waals surface area contributed by atoms with Gasteiger partial charge in [0.2, 0.25) is 0 Å². The van der Waals surface area contributed by atoms with Crippen molar-refractivity contribution in [1.82, 2.24) is 29.9 Å². The number of furan rings is 2. The smallest absolute Gasteiger partial charge is 0.394 e. The number of rotatable bonds is 16. The molecule has 0 amide bonds. The monoisotopic (exact) mass is 1380 g/mol. The van der Waals surface area contributed by atoms with Gasteiger partial charge in [-0.1, -0.05) is 195 Å². The first-order chi connectivity index (χ1) is 47.3. The lowest BCUT2D eigenvalue weighted by Crippen LogP contribution is -2.35. The minimum atomic E-state index is -5.38. The zero-order chi connectivity index (χ0) is 69.9. The Morgan fingerprint density at radius 1 is 0.384 bits per heavy atom. The summed E-state index contributed by atoms with van der Waals surface area (Å²) in [7, 11) is -10.4. The van der Waals surface area contributed by atoms with Gasteiger partial charge in [0.15, 0.2) is 69.1 Å².